The van der Waals surface area contributed by atoms with E-state index in [1.807, 2.05) is 0 Å². The molecular formula is C19H37N3O2. The highest BCUT2D eigenvalue weighted by molar-refractivity contribution is 5.80. The third-order valence-electron chi connectivity index (χ3n) is 5.59. The molecule has 0 aromatic carbocycles. The molecule has 1 aliphatic heterocycles. The van der Waals surface area contributed by atoms with Gasteiger partial charge in [-0.15, -0.1) is 0 Å². The molecule has 0 aromatic rings. The Morgan fingerprint density at radius 3 is 2.75 bits per heavy atom. The summed E-state index contributed by atoms with van der Waals surface area (Å²) in [6.45, 7) is 13.6. The van der Waals surface area contributed by atoms with Crippen molar-refractivity contribution in [2.24, 2.45) is 16.3 Å². The molecule has 2 fully saturated rings. The summed E-state index contributed by atoms with van der Waals surface area (Å²) in [4.78, 5) is 7.14. The SMILES string of the molecule is CCCCOC1CC(NC(=NCC)N2CCC(COC)C2)C1(C)C. The number of methoxy groups -OCH3 is 1. The van der Waals surface area contributed by atoms with Crippen molar-refractivity contribution in [3.8, 4) is 0 Å². The third kappa shape index (κ3) is 4.63. The zero-order valence-corrected chi connectivity index (χ0v) is 16.3. The average Bonchev–Trinajstić information content (AvgIpc) is 3.01. The van der Waals surface area contributed by atoms with Crippen LogP contribution in [0.5, 0.6) is 0 Å². The van der Waals surface area contributed by atoms with Gasteiger partial charge in [-0.1, -0.05) is 27.2 Å². The van der Waals surface area contributed by atoms with Crippen LogP contribution in [0, 0.1) is 11.3 Å². The Labute approximate surface area is 148 Å². The molecule has 24 heavy (non-hydrogen) atoms. The summed E-state index contributed by atoms with van der Waals surface area (Å²) < 4.78 is 11.4. The second-order valence-electron chi connectivity index (χ2n) is 7.82. The maximum absolute atomic E-state index is 6.07. The van der Waals surface area contributed by atoms with Crippen LogP contribution in [-0.4, -0.2) is 63.0 Å². The van der Waals surface area contributed by atoms with Crippen LogP contribution in [0.25, 0.3) is 0 Å². The lowest BCUT2D eigenvalue weighted by molar-refractivity contribution is -0.114. The summed E-state index contributed by atoms with van der Waals surface area (Å²) in [5.74, 6) is 1.69. The molecule has 2 rings (SSSR count). The summed E-state index contributed by atoms with van der Waals surface area (Å²) in [7, 11) is 1.79. The molecule has 3 atom stereocenters. The first-order valence-corrected chi connectivity index (χ1v) is 9.69. The van der Waals surface area contributed by atoms with E-state index in [4.69, 9.17) is 14.5 Å². The van der Waals surface area contributed by atoms with Gasteiger partial charge in [0.15, 0.2) is 5.96 Å². The molecule has 5 nitrogen and oxygen atoms in total. The summed E-state index contributed by atoms with van der Waals surface area (Å²) in [5, 5.41) is 3.72. The molecule has 1 saturated heterocycles. The van der Waals surface area contributed by atoms with E-state index in [1.54, 1.807) is 7.11 Å². The molecule has 1 aliphatic carbocycles. The normalized spacial score (nSPS) is 29.6. The number of nitrogens with one attached hydrogen (secondary N) is 1. The van der Waals surface area contributed by atoms with Gasteiger partial charge in [-0.25, -0.2) is 0 Å². The lowest BCUT2D eigenvalue weighted by Gasteiger charge is -2.52. The van der Waals surface area contributed by atoms with Gasteiger partial charge < -0.3 is 19.7 Å². The van der Waals surface area contributed by atoms with Crippen LogP contribution in [0.3, 0.4) is 0 Å². The average molecular weight is 340 g/mol. The van der Waals surface area contributed by atoms with Gasteiger partial charge >= 0.3 is 0 Å². The Hall–Kier alpha value is -0.810. The van der Waals surface area contributed by atoms with Crippen molar-refractivity contribution in [1.29, 1.82) is 0 Å². The Morgan fingerprint density at radius 1 is 1.33 bits per heavy atom. The second-order valence-corrected chi connectivity index (χ2v) is 7.82. The Balaban J connectivity index is 1.87. The number of ether oxygens (including phenoxy) is 2. The zero-order valence-electron chi connectivity index (χ0n) is 16.3. The maximum Gasteiger partial charge on any atom is 0.194 e. The highest BCUT2D eigenvalue weighted by Gasteiger charge is 2.49. The highest BCUT2D eigenvalue weighted by atomic mass is 16.5. The summed E-state index contributed by atoms with van der Waals surface area (Å²) in [5.41, 5.74) is 0.161. The van der Waals surface area contributed by atoms with Gasteiger partial charge in [-0.3, -0.25) is 4.99 Å². The minimum Gasteiger partial charge on any atom is -0.384 e. The lowest BCUT2D eigenvalue weighted by atomic mass is 9.64. The van der Waals surface area contributed by atoms with Gasteiger partial charge in [0.25, 0.3) is 0 Å². The summed E-state index contributed by atoms with van der Waals surface area (Å²) in [6.07, 6.45) is 4.98. The van der Waals surface area contributed by atoms with E-state index in [-0.39, 0.29) is 5.41 Å². The molecule has 1 heterocycles. The Bertz CT molecular complexity index is 411. The number of aliphatic imine (C=N–C) groups is 1. The molecule has 2 aliphatic rings. The van der Waals surface area contributed by atoms with Crippen molar-refractivity contribution in [3.05, 3.63) is 0 Å². The Morgan fingerprint density at radius 2 is 2.12 bits per heavy atom. The van der Waals surface area contributed by atoms with Crippen LogP contribution in [-0.2, 0) is 9.47 Å². The first kappa shape index (κ1) is 19.5. The fraction of sp³-hybridized carbons (Fsp3) is 0.947. The number of hydrogen-bond donors (Lipinski definition) is 1. The molecular weight excluding hydrogens is 302 g/mol. The van der Waals surface area contributed by atoms with Crippen LogP contribution in [0.4, 0.5) is 0 Å². The van der Waals surface area contributed by atoms with Crippen LogP contribution in [0.2, 0.25) is 0 Å². The number of unbranched alkanes of at least 4 members (excludes halogenated alkanes) is 1. The van der Waals surface area contributed by atoms with Gasteiger partial charge in [0, 0.05) is 50.7 Å². The van der Waals surface area contributed by atoms with Crippen molar-refractivity contribution >= 4 is 5.96 Å². The Kier molecular flexibility index (Phi) is 7.35. The van der Waals surface area contributed by atoms with E-state index in [2.05, 4.69) is 37.9 Å². The van der Waals surface area contributed by atoms with E-state index in [0.717, 1.165) is 51.6 Å². The monoisotopic (exact) mass is 339 g/mol. The predicted octanol–water partition coefficient (Wildman–Crippen LogP) is 2.90. The summed E-state index contributed by atoms with van der Waals surface area (Å²) >= 11 is 0. The number of guanidine groups is 1. The van der Waals surface area contributed by atoms with Crippen LogP contribution in [0.15, 0.2) is 4.99 Å². The maximum atomic E-state index is 6.07. The van der Waals surface area contributed by atoms with E-state index >= 15 is 0 Å². The fourth-order valence-electron chi connectivity index (χ4n) is 3.72. The number of likely N-dealkylation sites (tertiary alicyclic amines) is 1. The number of rotatable bonds is 8. The summed E-state index contributed by atoms with van der Waals surface area (Å²) in [6, 6.07) is 0.441. The van der Waals surface area contributed by atoms with E-state index in [0.29, 0.717) is 18.1 Å². The van der Waals surface area contributed by atoms with Crippen LogP contribution in [0.1, 0.15) is 53.4 Å². The van der Waals surface area contributed by atoms with Gasteiger partial charge in [0.05, 0.1) is 12.7 Å². The molecule has 1 N–H and O–H groups in total. The molecule has 140 valence electrons. The van der Waals surface area contributed by atoms with Crippen LogP contribution < -0.4 is 5.32 Å². The molecule has 0 aromatic heterocycles. The fourth-order valence-corrected chi connectivity index (χ4v) is 3.72. The van der Waals surface area contributed by atoms with E-state index in [1.165, 1.54) is 12.8 Å². The van der Waals surface area contributed by atoms with Crippen molar-refractivity contribution < 1.29 is 9.47 Å². The van der Waals surface area contributed by atoms with Gasteiger partial charge in [0.1, 0.15) is 0 Å². The molecule has 1 saturated carbocycles. The molecule has 3 unspecified atom stereocenters. The molecule has 0 spiro atoms. The van der Waals surface area contributed by atoms with Crippen molar-refractivity contribution in [2.45, 2.75) is 65.5 Å². The second kappa shape index (κ2) is 9.04. The minimum atomic E-state index is 0.161. The largest absolute Gasteiger partial charge is 0.384 e. The van der Waals surface area contributed by atoms with E-state index < -0.39 is 0 Å². The van der Waals surface area contributed by atoms with Crippen molar-refractivity contribution in [2.75, 3.05) is 40.0 Å². The molecule has 0 bridgehead atoms. The van der Waals surface area contributed by atoms with Gasteiger partial charge in [0.2, 0.25) is 0 Å². The zero-order chi connectivity index (χ0) is 17.6. The minimum absolute atomic E-state index is 0.161. The third-order valence-corrected chi connectivity index (χ3v) is 5.59. The standard InChI is InChI=1S/C19H37N3O2/c1-6-8-11-24-17-12-16(19(17,3)4)21-18(20-7-2)22-10-9-15(13-22)14-23-5/h15-17H,6-14H2,1-5H3,(H,20,21). The molecule has 0 amide bonds. The van der Waals surface area contributed by atoms with Crippen molar-refractivity contribution in [1.82, 2.24) is 10.2 Å². The first-order valence-electron chi connectivity index (χ1n) is 9.69. The smallest absolute Gasteiger partial charge is 0.194 e. The highest BCUT2D eigenvalue weighted by Crippen LogP contribution is 2.43. The topological polar surface area (TPSA) is 46.1 Å². The van der Waals surface area contributed by atoms with E-state index in [9.17, 15) is 0 Å². The van der Waals surface area contributed by atoms with Crippen molar-refractivity contribution in [3.63, 3.8) is 0 Å². The van der Waals surface area contributed by atoms with Gasteiger partial charge in [-0.2, -0.15) is 0 Å². The van der Waals surface area contributed by atoms with Gasteiger partial charge in [-0.05, 0) is 26.2 Å². The van der Waals surface area contributed by atoms with Crippen LogP contribution >= 0.6 is 0 Å². The number of nitrogens with zero attached hydrogens (tertiary/aromatic N) is 2. The number of hydrogen-bond acceptors (Lipinski definition) is 3. The first-order chi connectivity index (χ1) is 11.5. The molecule has 5 heteroatoms. The lowest BCUT2D eigenvalue weighted by Crippen LogP contribution is -2.63. The molecule has 0 radical (unpaired) electrons. The quantitative estimate of drug-likeness (QED) is 0.420. The predicted molar refractivity (Wildman–Crippen MR) is 99.5 cm³/mol.